The van der Waals surface area contributed by atoms with E-state index in [1.807, 2.05) is 30.3 Å². The molecule has 4 rings (SSSR count). The van der Waals surface area contributed by atoms with Gasteiger partial charge in [0.15, 0.2) is 5.90 Å². The van der Waals surface area contributed by atoms with Crippen LogP contribution >= 0.6 is 0 Å². The van der Waals surface area contributed by atoms with Crippen LogP contribution in [0, 0.1) is 0 Å². The number of nitrogens with zero attached hydrogens (tertiary/aromatic N) is 1. The number of benzene rings is 3. The van der Waals surface area contributed by atoms with Gasteiger partial charge >= 0.3 is 0 Å². The summed E-state index contributed by atoms with van der Waals surface area (Å²) in [7, 11) is 0. The number of rotatable bonds is 5. The Kier molecular flexibility index (Phi) is 4.99. The fourth-order valence-electron chi connectivity index (χ4n) is 3.71. The molecule has 0 heterocycles. The Morgan fingerprint density at radius 2 is 1.39 bits per heavy atom. The molecular formula is C24H25N3O. The van der Waals surface area contributed by atoms with Crippen LogP contribution in [-0.2, 0) is 4.74 Å². The van der Waals surface area contributed by atoms with Gasteiger partial charge in [-0.05, 0) is 41.3 Å². The molecule has 28 heavy (non-hydrogen) atoms. The molecule has 3 aromatic rings. The lowest BCUT2D eigenvalue weighted by Gasteiger charge is -2.22. The van der Waals surface area contributed by atoms with Gasteiger partial charge in [-0.3, -0.25) is 0 Å². The minimum absolute atomic E-state index is 0.162. The predicted octanol–water partition coefficient (Wildman–Crippen LogP) is 4.57. The molecule has 0 aliphatic heterocycles. The van der Waals surface area contributed by atoms with E-state index in [-0.39, 0.29) is 5.92 Å². The van der Waals surface area contributed by atoms with E-state index in [0.717, 1.165) is 5.69 Å². The summed E-state index contributed by atoms with van der Waals surface area (Å²) in [5, 5.41) is 0. The van der Waals surface area contributed by atoms with Crippen LogP contribution in [0.3, 0.4) is 0 Å². The minimum atomic E-state index is -0.890. The smallest absolute Gasteiger partial charge is 0.191 e. The lowest BCUT2D eigenvalue weighted by molar-refractivity contribution is 0.274. The summed E-state index contributed by atoms with van der Waals surface area (Å²) in [6.07, 6.45) is 0.359. The molecule has 0 unspecified atom stereocenters. The van der Waals surface area contributed by atoms with Crippen LogP contribution in [0.15, 0.2) is 83.9 Å². The standard InChI is InChI=1S/C24H25N3O/c1-24(25,26)15-23(27-17-9-3-2-4-10-17)28-16-22-20-13-7-5-11-18(20)19-12-6-8-14-21(19)22/h2-14,22H,15-16,25-26H2,1H3. The van der Waals surface area contributed by atoms with Crippen LogP contribution in [0.1, 0.15) is 30.4 Å². The Balaban J connectivity index is 1.61. The molecule has 1 aliphatic carbocycles. The molecular weight excluding hydrogens is 346 g/mol. The monoisotopic (exact) mass is 371 g/mol. The zero-order valence-corrected chi connectivity index (χ0v) is 16.0. The fourth-order valence-corrected chi connectivity index (χ4v) is 3.71. The van der Waals surface area contributed by atoms with Gasteiger partial charge in [0.25, 0.3) is 0 Å². The third-order valence-electron chi connectivity index (χ3n) is 4.92. The molecule has 1 aliphatic rings. The van der Waals surface area contributed by atoms with E-state index in [2.05, 4.69) is 53.5 Å². The molecule has 4 nitrogen and oxygen atoms in total. The second kappa shape index (κ2) is 7.58. The molecule has 0 bridgehead atoms. The average molecular weight is 371 g/mol. The highest BCUT2D eigenvalue weighted by molar-refractivity contribution is 5.81. The molecule has 142 valence electrons. The van der Waals surface area contributed by atoms with Gasteiger partial charge < -0.3 is 16.2 Å². The molecule has 0 saturated carbocycles. The maximum atomic E-state index is 6.21. The molecule has 4 heteroatoms. The van der Waals surface area contributed by atoms with Crippen molar-refractivity contribution in [2.24, 2.45) is 16.5 Å². The van der Waals surface area contributed by atoms with Crippen LogP contribution in [0.25, 0.3) is 11.1 Å². The minimum Gasteiger partial charge on any atom is -0.480 e. The van der Waals surface area contributed by atoms with Gasteiger partial charge in [0, 0.05) is 5.92 Å². The number of fused-ring (bicyclic) bond motifs is 3. The largest absolute Gasteiger partial charge is 0.480 e. The highest BCUT2D eigenvalue weighted by Crippen LogP contribution is 2.44. The molecule has 0 fully saturated rings. The van der Waals surface area contributed by atoms with E-state index in [1.54, 1.807) is 6.92 Å². The number of para-hydroxylation sites is 1. The van der Waals surface area contributed by atoms with Crippen molar-refractivity contribution in [2.45, 2.75) is 24.9 Å². The van der Waals surface area contributed by atoms with E-state index in [0.29, 0.717) is 18.9 Å². The molecule has 0 saturated heterocycles. The highest BCUT2D eigenvalue weighted by Gasteiger charge is 2.29. The second-order valence-corrected chi connectivity index (χ2v) is 7.56. The van der Waals surface area contributed by atoms with E-state index >= 15 is 0 Å². The van der Waals surface area contributed by atoms with Crippen molar-refractivity contribution in [3.63, 3.8) is 0 Å². The number of aliphatic imine (C=N–C) groups is 1. The van der Waals surface area contributed by atoms with E-state index in [9.17, 15) is 0 Å². The molecule has 0 amide bonds. The SMILES string of the molecule is CC(N)(N)CC(=Nc1ccccc1)OCC1c2ccccc2-c2ccccc21. The summed E-state index contributed by atoms with van der Waals surface area (Å²) >= 11 is 0. The first-order valence-electron chi connectivity index (χ1n) is 9.53. The number of hydrogen-bond acceptors (Lipinski definition) is 4. The van der Waals surface area contributed by atoms with Crippen molar-refractivity contribution in [2.75, 3.05) is 6.61 Å². The van der Waals surface area contributed by atoms with E-state index < -0.39 is 5.66 Å². The van der Waals surface area contributed by atoms with Crippen molar-refractivity contribution in [3.05, 3.63) is 90.0 Å². The summed E-state index contributed by atoms with van der Waals surface area (Å²) in [5.74, 6) is 0.718. The Labute approximate surface area is 165 Å². The molecule has 4 N–H and O–H groups in total. The van der Waals surface area contributed by atoms with Gasteiger partial charge in [-0.25, -0.2) is 4.99 Å². The normalized spacial score (nSPS) is 13.9. The quantitative estimate of drug-likeness (QED) is 0.392. The summed E-state index contributed by atoms with van der Waals surface area (Å²) in [6, 6.07) is 26.7. The van der Waals surface area contributed by atoms with Gasteiger partial charge in [-0.15, -0.1) is 0 Å². The highest BCUT2D eigenvalue weighted by atomic mass is 16.5. The molecule has 3 aromatic carbocycles. The first-order valence-corrected chi connectivity index (χ1v) is 9.53. The second-order valence-electron chi connectivity index (χ2n) is 7.56. The predicted molar refractivity (Wildman–Crippen MR) is 115 cm³/mol. The Morgan fingerprint density at radius 1 is 0.857 bits per heavy atom. The Bertz CT molecular complexity index is 944. The maximum absolute atomic E-state index is 6.21. The maximum Gasteiger partial charge on any atom is 0.191 e. The summed E-state index contributed by atoms with van der Waals surface area (Å²) < 4.78 is 6.21. The van der Waals surface area contributed by atoms with Gasteiger partial charge in [-0.1, -0.05) is 66.7 Å². The fraction of sp³-hybridized carbons (Fsp3) is 0.208. The van der Waals surface area contributed by atoms with Crippen LogP contribution in [0.4, 0.5) is 5.69 Å². The lowest BCUT2D eigenvalue weighted by atomic mass is 9.98. The van der Waals surface area contributed by atoms with Gasteiger partial charge in [0.2, 0.25) is 0 Å². The number of nitrogens with two attached hydrogens (primary N) is 2. The van der Waals surface area contributed by atoms with Crippen LogP contribution in [-0.4, -0.2) is 18.2 Å². The zero-order valence-electron chi connectivity index (χ0n) is 16.0. The first kappa shape index (κ1) is 18.4. The number of ether oxygens (including phenoxy) is 1. The van der Waals surface area contributed by atoms with Gasteiger partial charge in [-0.2, -0.15) is 0 Å². The molecule has 0 atom stereocenters. The third kappa shape index (κ3) is 3.98. The third-order valence-corrected chi connectivity index (χ3v) is 4.92. The van der Waals surface area contributed by atoms with Crippen molar-refractivity contribution < 1.29 is 4.74 Å². The van der Waals surface area contributed by atoms with E-state index in [4.69, 9.17) is 16.2 Å². The van der Waals surface area contributed by atoms with Crippen LogP contribution < -0.4 is 11.5 Å². The summed E-state index contributed by atoms with van der Waals surface area (Å²) in [4.78, 5) is 4.65. The van der Waals surface area contributed by atoms with Crippen molar-refractivity contribution >= 4 is 11.6 Å². The van der Waals surface area contributed by atoms with Crippen LogP contribution in [0.2, 0.25) is 0 Å². The Morgan fingerprint density at radius 3 is 1.96 bits per heavy atom. The van der Waals surface area contributed by atoms with E-state index in [1.165, 1.54) is 22.3 Å². The average Bonchev–Trinajstić information content (AvgIpc) is 3.00. The summed E-state index contributed by atoms with van der Waals surface area (Å²) in [6.45, 7) is 2.27. The summed E-state index contributed by atoms with van der Waals surface area (Å²) in [5.41, 5.74) is 17.1. The van der Waals surface area contributed by atoms with Crippen molar-refractivity contribution in [1.29, 1.82) is 0 Å². The lowest BCUT2D eigenvalue weighted by Crippen LogP contribution is -2.48. The number of hydrogen-bond donors (Lipinski definition) is 2. The molecule has 0 aromatic heterocycles. The van der Waals surface area contributed by atoms with Gasteiger partial charge in [0.05, 0.1) is 17.8 Å². The molecule has 0 spiro atoms. The Hall–Kier alpha value is -2.95. The van der Waals surface area contributed by atoms with Crippen LogP contribution in [0.5, 0.6) is 0 Å². The van der Waals surface area contributed by atoms with Gasteiger partial charge in [0.1, 0.15) is 6.61 Å². The molecule has 0 radical (unpaired) electrons. The first-order chi connectivity index (χ1) is 13.5. The zero-order chi connectivity index (χ0) is 19.6. The van der Waals surface area contributed by atoms with Crippen molar-refractivity contribution in [3.8, 4) is 11.1 Å². The topological polar surface area (TPSA) is 73.6 Å². The van der Waals surface area contributed by atoms with Crippen molar-refractivity contribution in [1.82, 2.24) is 0 Å².